The van der Waals surface area contributed by atoms with E-state index < -0.39 is 0 Å². The number of benzene rings is 1. The summed E-state index contributed by atoms with van der Waals surface area (Å²) in [6.07, 6.45) is 1.09. The van der Waals surface area contributed by atoms with Gasteiger partial charge in [-0.2, -0.15) is 0 Å². The normalized spacial score (nSPS) is 17.7. The first-order chi connectivity index (χ1) is 9.66. The van der Waals surface area contributed by atoms with Crippen molar-refractivity contribution in [3.8, 4) is 0 Å². The highest BCUT2D eigenvalue weighted by molar-refractivity contribution is 7.80. The van der Waals surface area contributed by atoms with Crippen LogP contribution < -0.4 is 5.32 Å². The molecular weight excluding hydrogens is 284 g/mol. The van der Waals surface area contributed by atoms with Crippen molar-refractivity contribution >= 4 is 34.4 Å². The fourth-order valence-electron chi connectivity index (χ4n) is 2.69. The molecule has 0 radical (unpaired) electrons. The van der Waals surface area contributed by atoms with E-state index in [4.69, 9.17) is 12.2 Å². The number of hydrogen-bond acceptors (Lipinski definition) is 2. The highest BCUT2D eigenvalue weighted by Gasteiger charge is 2.26. The first kappa shape index (κ1) is 13.6. The van der Waals surface area contributed by atoms with Crippen molar-refractivity contribution < 1.29 is 0 Å². The number of hydrogen-bond donors (Lipinski definition) is 1. The van der Waals surface area contributed by atoms with Crippen LogP contribution in [0, 0.1) is 6.92 Å². The number of fused-ring (bicyclic) bond motifs is 1. The van der Waals surface area contributed by atoms with Gasteiger partial charge in [0.05, 0.1) is 6.04 Å². The number of aryl methyl sites for hydroxylation is 1. The number of nitrogens with zero attached hydrogens (tertiary/aromatic N) is 1. The Bertz CT molecular complexity index is 633. The average Bonchev–Trinajstić information content (AvgIpc) is 2.91. The lowest BCUT2D eigenvalue weighted by atomic mass is 10.0. The molecule has 0 bridgehead atoms. The molecule has 0 aliphatic carbocycles. The van der Waals surface area contributed by atoms with E-state index in [-0.39, 0.29) is 0 Å². The summed E-state index contributed by atoms with van der Waals surface area (Å²) >= 11 is 7.47. The summed E-state index contributed by atoms with van der Waals surface area (Å²) in [6.45, 7) is 5.32. The second-order valence-corrected chi connectivity index (χ2v) is 6.55. The van der Waals surface area contributed by atoms with E-state index in [2.05, 4.69) is 47.6 Å². The fourth-order valence-corrected chi connectivity index (χ4v) is 4.01. The lowest BCUT2D eigenvalue weighted by Crippen LogP contribution is -2.40. The van der Waals surface area contributed by atoms with Crippen LogP contribution in [0.5, 0.6) is 0 Å². The zero-order valence-corrected chi connectivity index (χ0v) is 13.4. The first-order valence-corrected chi connectivity index (χ1v) is 8.15. The number of thiophene rings is 1. The monoisotopic (exact) mass is 302 g/mol. The summed E-state index contributed by atoms with van der Waals surface area (Å²) in [7, 11) is 0. The zero-order chi connectivity index (χ0) is 14.1. The molecular formula is C16H18N2S2. The van der Waals surface area contributed by atoms with Gasteiger partial charge in [0, 0.05) is 17.1 Å². The topological polar surface area (TPSA) is 15.3 Å². The van der Waals surface area contributed by atoms with Crippen molar-refractivity contribution in [2.75, 3.05) is 11.9 Å². The van der Waals surface area contributed by atoms with Crippen LogP contribution in [0.1, 0.15) is 29.0 Å². The van der Waals surface area contributed by atoms with E-state index >= 15 is 0 Å². The van der Waals surface area contributed by atoms with Gasteiger partial charge in [0.1, 0.15) is 0 Å². The summed E-state index contributed by atoms with van der Waals surface area (Å²) in [5.41, 5.74) is 3.74. The first-order valence-electron chi connectivity index (χ1n) is 6.86. The molecule has 1 aliphatic heterocycles. The van der Waals surface area contributed by atoms with E-state index in [0.29, 0.717) is 6.04 Å². The Morgan fingerprint density at radius 2 is 2.15 bits per heavy atom. The van der Waals surface area contributed by atoms with Crippen molar-refractivity contribution in [1.82, 2.24) is 4.90 Å². The Morgan fingerprint density at radius 3 is 2.95 bits per heavy atom. The van der Waals surface area contributed by atoms with Gasteiger partial charge in [0.15, 0.2) is 5.11 Å². The van der Waals surface area contributed by atoms with Crippen LogP contribution in [0.25, 0.3) is 0 Å². The standard InChI is InChI=1S/C16H18N2S2/c1-11-5-3-4-6-14(11)17-16(19)18-9-7-15-13(12(18)2)8-10-20-15/h3-6,8,10,12H,7,9H2,1-2H3,(H,17,19)/t12-/m0/s1. The molecule has 104 valence electrons. The molecule has 4 heteroatoms. The molecule has 3 rings (SSSR count). The molecule has 2 heterocycles. The van der Waals surface area contributed by atoms with Crippen molar-refractivity contribution in [3.63, 3.8) is 0 Å². The highest BCUT2D eigenvalue weighted by atomic mass is 32.1. The van der Waals surface area contributed by atoms with E-state index in [0.717, 1.165) is 23.8 Å². The van der Waals surface area contributed by atoms with E-state index in [1.165, 1.54) is 16.0 Å². The van der Waals surface area contributed by atoms with Gasteiger partial charge in [-0.25, -0.2) is 0 Å². The summed E-state index contributed by atoms with van der Waals surface area (Å²) in [4.78, 5) is 3.80. The predicted molar refractivity (Wildman–Crippen MR) is 90.5 cm³/mol. The Labute approximate surface area is 129 Å². The average molecular weight is 302 g/mol. The second-order valence-electron chi connectivity index (χ2n) is 5.16. The molecule has 20 heavy (non-hydrogen) atoms. The van der Waals surface area contributed by atoms with Gasteiger partial charge < -0.3 is 10.2 Å². The number of anilines is 1. The Morgan fingerprint density at radius 1 is 1.35 bits per heavy atom. The molecule has 1 aromatic heterocycles. The van der Waals surface area contributed by atoms with Crippen molar-refractivity contribution in [2.45, 2.75) is 26.3 Å². The molecule has 1 N–H and O–H groups in total. The highest BCUT2D eigenvalue weighted by Crippen LogP contribution is 2.33. The second kappa shape index (κ2) is 5.54. The zero-order valence-electron chi connectivity index (χ0n) is 11.7. The number of rotatable bonds is 1. The molecule has 1 aliphatic rings. The summed E-state index contributed by atoms with van der Waals surface area (Å²) in [5, 5.41) is 6.40. The third kappa shape index (κ3) is 2.45. The number of nitrogens with one attached hydrogen (secondary N) is 1. The van der Waals surface area contributed by atoms with Crippen LogP contribution in [0.3, 0.4) is 0 Å². The molecule has 0 saturated carbocycles. The van der Waals surface area contributed by atoms with E-state index in [1.807, 2.05) is 23.5 Å². The van der Waals surface area contributed by atoms with E-state index in [1.54, 1.807) is 0 Å². The van der Waals surface area contributed by atoms with Crippen LogP contribution in [-0.4, -0.2) is 16.6 Å². The Hall–Kier alpha value is -1.39. The molecule has 0 saturated heterocycles. The smallest absolute Gasteiger partial charge is 0.173 e. The van der Waals surface area contributed by atoms with Crippen molar-refractivity contribution in [2.24, 2.45) is 0 Å². The largest absolute Gasteiger partial charge is 0.342 e. The molecule has 0 amide bonds. The summed E-state index contributed by atoms with van der Waals surface area (Å²) in [5.74, 6) is 0. The molecule has 1 atom stereocenters. The summed E-state index contributed by atoms with van der Waals surface area (Å²) < 4.78 is 0. The number of thiocarbonyl (C=S) groups is 1. The SMILES string of the molecule is Cc1ccccc1NC(=S)N1CCc2sccc2[C@@H]1C. The van der Waals surface area contributed by atoms with Crippen LogP contribution in [0.4, 0.5) is 5.69 Å². The Kier molecular flexibility index (Phi) is 3.76. The van der Waals surface area contributed by atoms with Crippen LogP contribution in [-0.2, 0) is 6.42 Å². The molecule has 0 spiro atoms. The van der Waals surface area contributed by atoms with Crippen LogP contribution >= 0.6 is 23.6 Å². The van der Waals surface area contributed by atoms with Crippen molar-refractivity contribution in [1.29, 1.82) is 0 Å². The minimum atomic E-state index is 0.356. The van der Waals surface area contributed by atoms with Gasteiger partial charge in [-0.05, 0) is 61.1 Å². The molecule has 2 nitrogen and oxygen atoms in total. The number of para-hydroxylation sites is 1. The van der Waals surface area contributed by atoms with Crippen LogP contribution in [0.2, 0.25) is 0 Å². The van der Waals surface area contributed by atoms with Gasteiger partial charge in [-0.1, -0.05) is 18.2 Å². The third-order valence-corrected chi connectivity index (χ3v) is 5.26. The minimum absolute atomic E-state index is 0.356. The van der Waals surface area contributed by atoms with Crippen molar-refractivity contribution in [3.05, 3.63) is 51.7 Å². The molecule has 0 fully saturated rings. The maximum Gasteiger partial charge on any atom is 0.173 e. The minimum Gasteiger partial charge on any atom is -0.342 e. The summed E-state index contributed by atoms with van der Waals surface area (Å²) in [6, 6.07) is 10.8. The third-order valence-electron chi connectivity index (χ3n) is 3.92. The quantitative estimate of drug-likeness (QED) is 0.787. The van der Waals surface area contributed by atoms with Gasteiger partial charge >= 0.3 is 0 Å². The van der Waals surface area contributed by atoms with Crippen LogP contribution in [0.15, 0.2) is 35.7 Å². The van der Waals surface area contributed by atoms with E-state index in [9.17, 15) is 0 Å². The fraction of sp³-hybridized carbons (Fsp3) is 0.312. The van der Waals surface area contributed by atoms with Gasteiger partial charge in [-0.3, -0.25) is 0 Å². The van der Waals surface area contributed by atoms with Gasteiger partial charge in [0.2, 0.25) is 0 Å². The maximum absolute atomic E-state index is 5.61. The lowest BCUT2D eigenvalue weighted by molar-refractivity contribution is 0.326. The molecule has 2 aromatic rings. The van der Waals surface area contributed by atoms with Gasteiger partial charge in [-0.15, -0.1) is 11.3 Å². The van der Waals surface area contributed by atoms with Gasteiger partial charge in [0.25, 0.3) is 0 Å². The molecule has 1 aromatic carbocycles. The Balaban J connectivity index is 1.77. The molecule has 0 unspecified atom stereocenters. The maximum atomic E-state index is 5.61. The lowest BCUT2D eigenvalue weighted by Gasteiger charge is -2.35. The predicted octanol–water partition coefficient (Wildman–Crippen LogP) is 4.37.